The third-order valence-electron chi connectivity index (χ3n) is 6.23. The average Bonchev–Trinajstić information content (AvgIpc) is 3.34. The summed E-state index contributed by atoms with van der Waals surface area (Å²) in [4.78, 5) is 41.9. The van der Waals surface area contributed by atoms with Crippen LogP contribution in [0.25, 0.3) is 0 Å². The van der Waals surface area contributed by atoms with Gasteiger partial charge >= 0.3 is 5.97 Å². The normalized spacial score (nSPS) is 25.2. The van der Waals surface area contributed by atoms with Crippen LogP contribution in [-0.2, 0) is 23.9 Å². The Balaban J connectivity index is 1.74. The Morgan fingerprint density at radius 1 is 1.11 bits per heavy atom. The van der Waals surface area contributed by atoms with Crippen molar-refractivity contribution in [1.82, 2.24) is 15.1 Å². The van der Waals surface area contributed by atoms with Gasteiger partial charge in [0.2, 0.25) is 5.91 Å². The molecule has 3 aliphatic heterocycles. The van der Waals surface area contributed by atoms with Gasteiger partial charge in [-0.1, -0.05) is 13.8 Å². The summed E-state index contributed by atoms with van der Waals surface area (Å²) in [5, 5.41) is 3.06. The lowest BCUT2D eigenvalue weighted by Crippen LogP contribution is -2.46. The molecule has 0 spiro atoms. The van der Waals surface area contributed by atoms with Crippen LogP contribution in [0.4, 0.5) is 0 Å². The third kappa shape index (κ3) is 7.24. The molecular formula is C27H43N3O5. The van der Waals surface area contributed by atoms with Gasteiger partial charge < -0.3 is 24.6 Å². The van der Waals surface area contributed by atoms with Crippen LogP contribution < -0.4 is 5.32 Å². The average molecular weight is 490 g/mol. The summed E-state index contributed by atoms with van der Waals surface area (Å²) in [7, 11) is 0. The second-order valence-corrected chi connectivity index (χ2v) is 12.3. The first-order valence-electron chi connectivity index (χ1n) is 12.8. The Bertz CT molecular complexity index is 893. The van der Waals surface area contributed by atoms with Crippen molar-refractivity contribution in [1.29, 1.82) is 0 Å². The van der Waals surface area contributed by atoms with Gasteiger partial charge in [0.15, 0.2) is 0 Å². The summed E-state index contributed by atoms with van der Waals surface area (Å²) < 4.78 is 11.7. The van der Waals surface area contributed by atoms with Crippen molar-refractivity contribution >= 4 is 17.8 Å². The van der Waals surface area contributed by atoms with Crippen molar-refractivity contribution in [3.63, 3.8) is 0 Å². The number of carbonyl (C=O) groups is 3. The highest BCUT2D eigenvalue weighted by atomic mass is 16.6. The fraction of sp³-hybridized carbons (Fsp3) is 0.741. The van der Waals surface area contributed by atoms with Gasteiger partial charge in [-0.15, -0.1) is 0 Å². The second-order valence-electron chi connectivity index (χ2n) is 12.3. The molecule has 0 aromatic heterocycles. The molecule has 0 radical (unpaired) electrons. The minimum Gasteiger partial charge on any atom is -0.490 e. The van der Waals surface area contributed by atoms with Gasteiger partial charge in [-0.2, -0.15) is 0 Å². The lowest BCUT2D eigenvalue weighted by atomic mass is 10.0. The molecule has 0 unspecified atom stereocenters. The number of rotatable bonds is 8. The lowest BCUT2D eigenvalue weighted by Gasteiger charge is -2.34. The van der Waals surface area contributed by atoms with Crippen LogP contribution in [0.5, 0.6) is 0 Å². The van der Waals surface area contributed by atoms with Gasteiger partial charge in [0, 0.05) is 37.4 Å². The number of nitrogens with zero attached hydrogens (tertiary/aromatic N) is 2. The van der Waals surface area contributed by atoms with Crippen LogP contribution >= 0.6 is 0 Å². The monoisotopic (exact) mass is 489 g/mol. The van der Waals surface area contributed by atoms with Crippen molar-refractivity contribution in [3.05, 3.63) is 23.6 Å². The molecule has 35 heavy (non-hydrogen) atoms. The number of carbonyl (C=O) groups excluding carboxylic acids is 3. The zero-order valence-electron chi connectivity index (χ0n) is 22.6. The van der Waals surface area contributed by atoms with E-state index in [1.165, 1.54) is 0 Å². The second kappa shape index (κ2) is 10.2. The number of amides is 2. The SMILES string of the molecule is CC(C)C[C@@H]1NC(=O)C=C1N1CC[C@H](N2C(=O)C=C(OC(C)(C)C)[C@@H]2CCC(=O)OC(C)(C)C)C1. The number of hydrogen-bond donors (Lipinski definition) is 1. The Kier molecular flexibility index (Phi) is 7.92. The lowest BCUT2D eigenvalue weighted by molar-refractivity contribution is -0.155. The van der Waals surface area contributed by atoms with Gasteiger partial charge in [-0.05, 0) is 66.7 Å². The zero-order chi connectivity index (χ0) is 26.1. The highest BCUT2D eigenvalue weighted by Gasteiger charge is 2.43. The first-order chi connectivity index (χ1) is 16.1. The Morgan fingerprint density at radius 3 is 2.40 bits per heavy atom. The van der Waals surface area contributed by atoms with Gasteiger partial charge in [0.25, 0.3) is 5.91 Å². The topological polar surface area (TPSA) is 88.2 Å². The molecule has 8 nitrogen and oxygen atoms in total. The van der Waals surface area contributed by atoms with Crippen LogP contribution in [0.2, 0.25) is 0 Å². The molecule has 8 heteroatoms. The van der Waals surface area contributed by atoms with Gasteiger partial charge in [0.1, 0.15) is 17.0 Å². The molecule has 0 bridgehead atoms. The number of ether oxygens (including phenoxy) is 2. The smallest absolute Gasteiger partial charge is 0.306 e. The number of nitrogens with one attached hydrogen (secondary N) is 1. The number of hydrogen-bond acceptors (Lipinski definition) is 6. The fourth-order valence-electron chi connectivity index (χ4n) is 5.09. The number of esters is 1. The standard InChI is InChI=1S/C27H43N3O5/c1-17(2)13-19-21(14-23(31)28-19)29-12-11-18(16-29)30-20(9-10-25(33)35-27(6,7)8)22(15-24(30)32)34-26(3,4)5/h14-15,17-20H,9-13,16H2,1-8H3,(H,28,31)/t18-,19-,20-/m0/s1. The summed E-state index contributed by atoms with van der Waals surface area (Å²) in [5.74, 6) is 0.651. The van der Waals surface area contributed by atoms with E-state index >= 15 is 0 Å². The van der Waals surface area contributed by atoms with E-state index in [-0.39, 0.29) is 42.3 Å². The van der Waals surface area contributed by atoms with E-state index in [0.717, 1.165) is 25.1 Å². The summed E-state index contributed by atoms with van der Waals surface area (Å²) in [6.07, 6.45) is 5.60. The highest BCUT2D eigenvalue weighted by molar-refractivity contribution is 5.92. The van der Waals surface area contributed by atoms with E-state index in [1.807, 2.05) is 46.4 Å². The Hall–Kier alpha value is -2.51. The molecule has 3 aliphatic rings. The van der Waals surface area contributed by atoms with E-state index in [4.69, 9.17) is 9.47 Å². The van der Waals surface area contributed by atoms with Gasteiger partial charge in [-0.25, -0.2) is 0 Å². The first kappa shape index (κ1) is 27.1. The fourth-order valence-corrected chi connectivity index (χ4v) is 5.09. The van der Waals surface area contributed by atoms with Crippen LogP contribution in [0.1, 0.15) is 81.1 Å². The quantitative estimate of drug-likeness (QED) is 0.525. The minimum absolute atomic E-state index is 0.0106. The van der Waals surface area contributed by atoms with E-state index in [1.54, 1.807) is 12.2 Å². The van der Waals surface area contributed by atoms with E-state index in [2.05, 4.69) is 24.1 Å². The van der Waals surface area contributed by atoms with Crippen molar-refractivity contribution in [2.24, 2.45) is 5.92 Å². The molecule has 3 heterocycles. The molecule has 1 fully saturated rings. The van der Waals surface area contributed by atoms with Gasteiger partial charge in [-0.3, -0.25) is 14.4 Å². The van der Waals surface area contributed by atoms with Crippen LogP contribution in [0.3, 0.4) is 0 Å². The summed E-state index contributed by atoms with van der Waals surface area (Å²) in [6.45, 7) is 17.1. The number of likely N-dealkylation sites (tertiary alicyclic amines) is 1. The highest BCUT2D eigenvalue weighted by Crippen LogP contribution is 2.34. The molecule has 3 rings (SSSR count). The molecule has 2 amide bonds. The van der Waals surface area contributed by atoms with Gasteiger partial charge in [0.05, 0.1) is 18.1 Å². The summed E-state index contributed by atoms with van der Waals surface area (Å²) >= 11 is 0. The van der Waals surface area contributed by atoms with Crippen LogP contribution in [-0.4, -0.2) is 70.0 Å². The molecule has 0 aromatic rings. The molecule has 196 valence electrons. The molecule has 1 N–H and O–H groups in total. The Labute approximate surface area is 210 Å². The van der Waals surface area contributed by atoms with E-state index < -0.39 is 11.2 Å². The minimum atomic E-state index is -0.554. The summed E-state index contributed by atoms with van der Waals surface area (Å²) in [6, 6.07) is -0.334. The first-order valence-corrected chi connectivity index (χ1v) is 12.8. The third-order valence-corrected chi connectivity index (χ3v) is 6.23. The van der Waals surface area contributed by atoms with Crippen molar-refractivity contribution in [3.8, 4) is 0 Å². The van der Waals surface area contributed by atoms with Crippen molar-refractivity contribution in [2.75, 3.05) is 13.1 Å². The predicted molar refractivity (Wildman–Crippen MR) is 134 cm³/mol. The zero-order valence-corrected chi connectivity index (χ0v) is 22.6. The molecule has 1 saturated heterocycles. The molecule has 0 saturated carbocycles. The Morgan fingerprint density at radius 2 is 1.80 bits per heavy atom. The molecule has 0 aliphatic carbocycles. The van der Waals surface area contributed by atoms with Crippen LogP contribution in [0.15, 0.2) is 23.6 Å². The van der Waals surface area contributed by atoms with E-state index in [0.29, 0.717) is 24.6 Å². The largest absolute Gasteiger partial charge is 0.490 e. The molecular weight excluding hydrogens is 446 g/mol. The summed E-state index contributed by atoms with van der Waals surface area (Å²) in [5.41, 5.74) is 0.00266. The molecule has 0 aromatic carbocycles. The maximum absolute atomic E-state index is 13.2. The van der Waals surface area contributed by atoms with E-state index in [9.17, 15) is 14.4 Å². The maximum Gasteiger partial charge on any atom is 0.306 e. The van der Waals surface area contributed by atoms with Crippen molar-refractivity contribution in [2.45, 2.75) is 110 Å². The van der Waals surface area contributed by atoms with Crippen LogP contribution in [0, 0.1) is 5.92 Å². The predicted octanol–water partition coefficient (Wildman–Crippen LogP) is 3.52. The maximum atomic E-state index is 13.2. The molecule has 3 atom stereocenters. The van der Waals surface area contributed by atoms with Crippen molar-refractivity contribution < 1.29 is 23.9 Å².